The van der Waals surface area contributed by atoms with Crippen molar-refractivity contribution >= 4 is 5.69 Å². The number of hydrogen-bond acceptors (Lipinski definition) is 5. The van der Waals surface area contributed by atoms with Crippen LogP contribution in [0.3, 0.4) is 0 Å². The Balaban J connectivity index is 2.04. The maximum absolute atomic E-state index is 13.3. The first-order valence-electron chi connectivity index (χ1n) is 7.08. The summed E-state index contributed by atoms with van der Waals surface area (Å²) in [4.78, 5) is 14.8. The minimum absolute atomic E-state index is 0.0344. The summed E-state index contributed by atoms with van der Waals surface area (Å²) in [6.07, 6.45) is 0.934. The minimum Gasteiger partial charge on any atom is -0.395 e. The molecule has 0 aliphatic carbocycles. The van der Waals surface area contributed by atoms with Crippen molar-refractivity contribution in [2.24, 2.45) is 0 Å². The molecule has 7 heteroatoms. The number of hydrogen-bond donors (Lipinski definition) is 1. The number of rotatable bonds is 5. The van der Waals surface area contributed by atoms with E-state index in [4.69, 9.17) is 5.11 Å². The first kappa shape index (κ1) is 15.8. The zero-order chi connectivity index (χ0) is 15.2. The second-order valence-corrected chi connectivity index (χ2v) is 5.23. The molecule has 6 nitrogen and oxygen atoms in total. The molecule has 21 heavy (non-hydrogen) atoms. The van der Waals surface area contributed by atoms with Gasteiger partial charge in [-0.15, -0.1) is 0 Å². The van der Waals surface area contributed by atoms with E-state index in [0.29, 0.717) is 18.7 Å². The van der Waals surface area contributed by atoms with E-state index >= 15 is 0 Å². The summed E-state index contributed by atoms with van der Waals surface area (Å²) in [5.41, 5.74) is 0.378. The molecule has 1 aromatic carbocycles. The molecule has 0 radical (unpaired) electrons. The van der Waals surface area contributed by atoms with Gasteiger partial charge in [0.1, 0.15) is 5.82 Å². The number of aliphatic hydroxyl groups is 1. The van der Waals surface area contributed by atoms with Gasteiger partial charge in [0.05, 0.1) is 11.5 Å². The van der Waals surface area contributed by atoms with Gasteiger partial charge in [0.2, 0.25) is 0 Å². The second-order valence-electron chi connectivity index (χ2n) is 5.23. The fourth-order valence-electron chi connectivity index (χ4n) is 2.65. The average molecular weight is 297 g/mol. The maximum Gasteiger partial charge on any atom is 0.274 e. The van der Waals surface area contributed by atoms with E-state index in [2.05, 4.69) is 9.80 Å². The fourth-order valence-corrected chi connectivity index (χ4v) is 2.65. The molecule has 1 aliphatic heterocycles. The van der Waals surface area contributed by atoms with Crippen LogP contribution in [0, 0.1) is 15.9 Å². The van der Waals surface area contributed by atoms with E-state index in [0.717, 1.165) is 38.7 Å². The van der Waals surface area contributed by atoms with Gasteiger partial charge in [0, 0.05) is 37.8 Å². The van der Waals surface area contributed by atoms with Crippen LogP contribution in [-0.4, -0.2) is 59.2 Å². The van der Waals surface area contributed by atoms with Crippen LogP contribution in [0.2, 0.25) is 0 Å². The Labute approximate surface area is 122 Å². The lowest BCUT2D eigenvalue weighted by molar-refractivity contribution is -0.385. The summed E-state index contributed by atoms with van der Waals surface area (Å²) < 4.78 is 13.3. The Hall–Kier alpha value is -1.57. The zero-order valence-electron chi connectivity index (χ0n) is 11.9. The first-order chi connectivity index (χ1) is 10.1. The number of aliphatic hydroxyl groups excluding tert-OH is 1. The van der Waals surface area contributed by atoms with Crippen molar-refractivity contribution in [1.82, 2.24) is 9.80 Å². The first-order valence-corrected chi connectivity index (χ1v) is 7.08. The van der Waals surface area contributed by atoms with Crippen LogP contribution in [0.4, 0.5) is 10.1 Å². The smallest absolute Gasteiger partial charge is 0.274 e. The molecule has 1 aromatic rings. The van der Waals surface area contributed by atoms with Crippen molar-refractivity contribution in [3.63, 3.8) is 0 Å². The molecule has 0 unspecified atom stereocenters. The predicted molar refractivity (Wildman–Crippen MR) is 76.5 cm³/mol. The van der Waals surface area contributed by atoms with E-state index in [1.807, 2.05) is 0 Å². The number of halogens is 1. The van der Waals surface area contributed by atoms with Crippen LogP contribution >= 0.6 is 0 Å². The van der Waals surface area contributed by atoms with E-state index in [1.165, 1.54) is 12.1 Å². The Kier molecular flexibility index (Phi) is 5.60. The van der Waals surface area contributed by atoms with Crippen molar-refractivity contribution in [2.45, 2.75) is 13.0 Å². The Bertz CT molecular complexity index is 498. The van der Waals surface area contributed by atoms with Crippen LogP contribution in [-0.2, 0) is 6.54 Å². The SMILES string of the molecule is O=[N+]([O-])c1ccc(F)cc1CN1CCCN(CCO)CC1. The molecule has 0 bridgehead atoms. The zero-order valence-corrected chi connectivity index (χ0v) is 11.9. The molecule has 2 rings (SSSR count). The summed E-state index contributed by atoms with van der Waals surface area (Å²) in [5.74, 6) is -0.452. The lowest BCUT2D eigenvalue weighted by Crippen LogP contribution is -2.32. The summed E-state index contributed by atoms with van der Waals surface area (Å²) in [5, 5.41) is 20.0. The Morgan fingerprint density at radius 1 is 1.24 bits per heavy atom. The molecule has 1 fully saturated rings. The second kappa shape index (κ2) is 7.44. The Morgan fingerprint density at radius 2 is 1.95 bits per heavy atom. The standard InChI is InChI=1S/C14H20FN3O3/c15-13-2-3-14(18(20)21)12(10-13)11-17-5-1-4-16(6-7-17)8-9-19/h2-3,10,19H,1,4-9,11H2. The van der Waals surface area contributed by atoms with Gasteiger partial charge in [-0.3, -0.25) is 19.9 Å². The van der Waals surface area contributed by atoms with Gasteiger partial charge in [-0.1, -0.05) is 0 Å². The maximum atomic E-state index is 13.3. The third-order valence-electron chi connectivity index (χ3n) is 3.73. The lowest BCUT2D eigenvalue weighted by Gasteiger charge is -2.21. The van der Waals surface area contributed by atoms with E-state index < -0.39 is 10.7 Å². The number of nitrogens with zero attached hydrogens (tertiary/aromatic N) is 3. The van der Waals surface area contributed by atoms with Gasteiger partial charge in [0.15, 0.2) is 0 Å². The predicted octanol–water partition coefficient (Wildman–Crippen LogP) is 1.23. The van der Waals surface area contributed by atoms with Crippen LogP contribution in [0.25, 0.3) is 0 Å². The summed E-state index contributed by atoms with van der Waals surface area (Å²) in [6.45, 7) is 4.44. The highest BCUT2D eigenvalue weighted by molar-refractivity contribution is 5.40. The molecule has 116 valence electrons. The van der Waals surface area contributed by atoms with E-state index in [9.17, 15) is 14.5 Å². The van der Waals surface area contributed by atoms with Gasteiger partial charge in [-0.2, -0.15) is 0 Å². The van der Waals surface area contributed by atoms with Gasteiger partial charge in [-0.25, -0.2) is 4.39 Å². The largest absolute Gasteiger partial charge is 0.395 e. The van der Waals surface area contributed by atoms with Crippen molar-refractivity contribution in [3.05, 3.63) is 39.7 Å². The van der Waals surface area contributed by atoms with Gasteiger partial charge in [0.25, 0.3) is 5.69 Å². The molecule has 1 aliphatic rings. The summed E-state index contributed by atoms with van der Waals surface area (Å²) in [7, 11) is 0. The highest BCUT2D eigenvalue weighted by atomic mass is 19.1. The van der Waals surface area contributed by atoms with Gasteiger partial charge >= 0.3 is 0 Å². The van der Waals surface area contributed by atoms with E-state index in [1.54, 1.807) is 0 Å². The molecule has 1 heterocycles. The van der Waals surface area contributed by atoms with Crippen LogP contribution < -0.4 is 0 Å². The molecule has 1 saturated heterocycles. The number of β-amino-alcohol motifs (C(OH)–C–C–N with tert-alkyl or cyclic N) is 1. The van der Waals surface area contributed by atoms with Crippen molar-refractivity contribution in [3.8, 4) is 0 Å². The summed E-state index contributed by atoms with van der Waals surface area (Å²) >= 11 is 0. The molecule has 0 aromatic heterocycles. The Morgan fingerprint density at radius 3 is 2.67 bits per heavy atom. The van der Waals surface area contributed by atoms with Crippen molar-refractivity contribution in [2.75, 3.05) is 39.3 Å². The monoisotopic (exact) mass is 297 g/mol. The highest BCUT2D eigenvalue weighted by Crippen LogP contribution is 2.21. The summed E-state index contributed by atoms with van der Waals surface area (Å²) in [6, 6.07) is 3.59. The minimum atomic E-state index is -0.468. The molecule has 0 amide bonds. The molecular weight excluding hydrogens is 277 g/mol. The topological polar surface area (TPSA) is 69.9 Å². The van der Waals surface area contributed by atoms with Crippen molar-refractivity contribution < 1.29 is 14.4 Å². The van der Waals surface area contributed by atoms with Crippen LogP contribution in [0.1, 0.15) is 12.0 Å². The molecule has 1 N–H and O–H groups in total. The third-order valence-corrected chi connectivity index (χ3v) is 3.73. The van der Waals surface area contributed by atoms with Crippen LogP contribution in [0.5, 0.6) is 0 Å². The molecular formula is C14H20FN3O3. The van der Waals surface area contributed by atoms with E-state index in [-0.39, 0.29) is 12.3 Å². The van der Waals surface area contributed by atoms with Gasteiger partial charge < -0.3 is 5.11 Å². The fraction of sp³-hybridized carbons (Fsp3) is 0.571. The lowest BCUT2D eigenvalue weighted by atomic mass is 10.1. The number of nitro groups is 1. The van der Waals surface area contributed by atoms with Gasteiger partial charge in [-0.05, 0) is 31.6 Å². The molecule has 0 atom stereocenters. The number of nitro benzene ring substituents is 1. The van der Waals surface area contributed by atoms with Crippen molar-refractivity contribution in [1.29, 1.82) is 0 Å². The average Bonchev–Trinajstić information content (AvgIpc) is 2.65. The highest BCUT2D eigenvalue weighted by Gasteiger charge is 2.19. The quantitative estimate of drug-likeness (QED) is 0.654. The third kappa shape index (κ3) is 4.45. The molecule has 0 saturated carbocycles. The molecule has 0 spiro atoms. The normalized spacial score (nSPS) is 17.6. The number of benzene rings is 1. The van der Waals surface area contributed by atoms with Crippen LogP contribution in [0.15, 0.2) is 18.2 Å².